The highest BCUT2D eigenvalue weighted by molar-refractivity contribution is 6.30. The third-order valence-electron chi connectivity index (χ3n) is 4.73. The van der Waals surface area contributed by atoms with Crippen LogP contribution >= 0.6 is 11.6 Å². The van der Waals surface area contributed by atoms with Gasteiger partial charge in [-0.1, -0.05) is 23.7 Å². The first-order chi connectivity index (χ1) is 14.5. The molecule has 3 aromatic rings. The van der Waals surface area contributed by atoms with E-state index in [1.165, 1.54) is 18.6 Å². The van der Waals surface area contributed by atoms with Gasteiger partial charge < -0.3 is 15.1 Å². The number of benzene rings is 1. The van der Waals surface area contributed by atoms with Crippen molar-refractivity contribution >= 4 is 40.4 Å². The van der Waals surface area contributed by atoms with Crippen LogP contribution < -0.4 is 15.1 Å². The first kappa shape index (κ1) is 19.8. The van der Waals surface area contributed by atoms with Crippen LogP contribution in [-0.4, -0.2) is 46.1 Å². The van der Waals surface area contributed by atoms with Crippen LogP contribution in [-0.2, 0) is 0 Å². The van der Waals surface area contributed by atoms with Gasteiger partial charge in [-0.2, -0.15) is 0 Å². The predicted octanol–water partition coefficient (Wildman–Crippen LogP) is 3.64. The minimum atomic E-state index is -0.517. The molecular formula is C19H17ClFN7O2. The summed E-state index contributed by atoms with van der Waals surface area (Å²) >= 11 is 5.83. The summed E-state index contributed by atoms with van der Waals surface area (Å²) in [6.07, 6.45) is 2.70. The molecule has 1 aliphatic rings. The number of piperazine rings is 1. The number of nitrogens with one attached hydrogen (secondary N) is 1. The molecule has 0 spiro atoms. The Morgan fingerprint density at radius 3 is 2.43 bits per heavy atom. The number of hydrogen-bond acceptors (Lipinski definition) is 8. The van der Waals surface area contributed by atoms with Crippen LogP contribution in [0.25, 0.3) is 0 Å². The van der Waals surface area contributed by atoms with Crippen LogP contribution in [0, 0.1) is 15.9 Å². The monoisotopic (exact) mass is 429 g/mol. The van der Waals surface area contributed by atoms with E-state index in [0.29, 0.717) is 42.7 Å². The van der Waals surface area contributed by atoms with E-state index in [4.69, 9.17) is 11.6 Å². The fourth-order valence-electron chi connectivity index (χ4n) is 3.30. The fourth-order valence-corrected chi connectivity index (χ4v) is 3.41. The second-order valence-corrected chi connectivity index (χ2v) is 7.00. The number of nitro groups is 1. The molecule has 9 nitrogen and oxygen atoms in total. The molecule has 30 heavy (non-hydrogen) atoms. The number of aromatic nitrogens is 3. The van der Waals surface area contributed by atoms with Crippen LogP contribution in [0.4, 0.5) is 33.2 Å². The SMILES string of the molecule is O=[N+]([O-])c1c(Nc2ccc(Cl)cn2)ncnc1N1CCN(c2ccccc2F)CC1. The topological polar surface area (TPSA) is 100 Å². The average Bonchev–Trinajstić information content (AvgIpc) is 2.75. The quantitative estimate of drug-likeness (QED) is 0.484. The lowest BCUT2D eigenvalue weighted by atomic mass is 10.2. The molecule has 1 N–H and O–H groups in total. The minimum Gasteiger partial charge on any atom is -0.366 e. The normalized spacial score (nSPS) is 13.9. The standard InChI is InChI=1S/C19H17ClFN7O2/c20-13-5-6-16(22-11-13)25-18-17(28(29)30)19(24-12-23-18)27-9-7-26(8-10-27)15-4-2-1-3-14(15)21/h1-6,11-12H,7-10H2,(H,22,23,24,25). The molecule has 11 heteroatoms. The average molecular weight is 430 g/mol. The lowest BCUT2D eigenvalue weighted by molar-refractivity contribution is -0.383. The van der Waals surface area contributed by atoms with Crippen molar-refractivity contribution in [1.29, 1.82) is 0 Å². The molecule has 0 radical (unpaired) electrons. The third-order valence-corrected chi connectivity index (χ3v) is 4.96. The van der Waals surface area contributed by atoms with Gasteiger partial charge in [0.2, 0.25) is 11.6 Å². The molecule has 0 atom stereocenters. The fraction of sp³-hybridized carbons (Fsp3) is 0.211. The molecule has 1 aromatic carbocycles. The summed E-state index contributed by atoms with van der Waals surface area (Å²) in [7, 11) is 0. The summed E-state index contributed by atoms with van der Waals surface area (Å²) in [5.74, 6) is 0.327. The molecule has 3 heterocycles. The summed E-state index contributed by atoms with van der Waals surface area (Å²) < 4.78 is 14.1. The summed E-state index contributed by atoms with van der Waals surface area (Å²) in [5, 5.41) is 15.1. The van der Waals surface area contributed by atoms with Gasteiger partial charge in [-0.25, -0.2) is 19.3 Å². The molecule has 154 valence electrons. The molecule has 4 rings (SSSR count). The first-order valence-corrected chi connectivity index (χ1v) is 9.53. The Bertz CT molecular complexity index is 1060. The van der Waals surface area contributed by atoms with Crippen LogP contribution in [0.2, 0.25) is 5.02 Å². The van der Waals surface area contributed by atoms with Gasteiger partial charge in [0.05, 0.1) is 15.6 Å². The number of pyridine rings is 1. The largest absolute Gasteiger partial charge is 0.366 e. The number of halogens is 2. The van der Waals surface area contributed by atoms with E-state index in [9.17, 15) is 14.5 Å². The molecule has 0 amide bonds. The number of hydrogen-bond donors (Lipinski definition) is 1. The van der Waals surface area contributed by atoms with Crippen molar-refractivity contribution in [3.05, 3.63) is 69.9 Å². The zero-order valence-corrected chi connectivity index (χ0v) is 16.5. The number of nitrogens with zero attached hydrogens (tertiary/aromatic N) is 6. The van der Waals surface area contributed by atoms with Gasteiger partial charge in [0.1, 0.15) is 18.0 Å². The van der Waals surface area contributed by atoms with Crippen molar-refractivity contribution in [1.82, 2.24) is 15.0 Å². The van der Waals surface area contributed by atoms with Crippen LogP contribution in [0.1, 0.15) is 0 Å². The third kappa shape index (κ3) is 4.08. The van der Waals surface area contributed by atoms with Crippen molar-refractivity contribution in [3.8, 4) is 0 Å². The van der Waals surface area contributed by atoms with Gasteiger partial charge in [-0.15, -0.1) is 0 Å². The molecule has 1 saturated heterocycles. The molecular weight excluding hydrogens is 413 g/mol. The van der Waals surface area contributed by atoms with E-state index < -0.39 is 4.92 Å². The Balaban J connectivity index is 1.56. The number of anilines is 4. The number of para-hydroxylation sites is 1. The van der Waals surface area contributed by atoms with Crippen molar-refractivity contribution in [3.63, 3.8) is 0 Å². The van der Waals surface area contributed by atoms with Crippen LogP contribution in [0.3, 0.4) is 0 Å². The van der Waals surface area contributed by atoms with Crippen molar-refractivity contribution in [2.24, 2.45) is 0 Å². The van der Waals surface area contributed by atoms with Crippen LogP contribution in [0.5, 0.6) is 0 Å². The summed E-state index contributed by atoms with van der Waals surface area (Å²) in [6, 6.07) is 9.78. The van der Waals surface area contributed by atoms with Gasteiger partial charge in [0.15, 0.2) is 0 Å². The van der Waals surface area contributed by atoms with Crippen LogP contribution in [0.15, 0.2) is 48.9 Å². The maximum absolute atomic E-state index is 14.1. The Hall–Kier alpha value is -3.53. The Kier molecular flexibility index (Phi) is 5.57. The highest BCUT2D eigenvalue weighted by atomic mass is 35.5. The van der Waals surface area contributed by atoms with E-state index in [2.05, 4.69) is 20.3 Å². The Labute approximate surface area is 176 Å². The van der Waals surface area contributed by atoms with E-state index in [1.54, 1.807) is 35.2 Å². The second kappa shape index (κ2) is 8.46. The highest BCUT2D eigenvalue weighted by Gasteiger charge is 2.30. The predicted molar refractivity (Wildman–Crippen MR) is 112 cm³/mol. The lowest BCUT2D eigenvalue weighted by Gasteiger charge is -2.36. The van der Waals surface area contributed by atoms with E-state index in [0.717, 1.165) is 0 Å². The van der Waals surface area contributed by atoms with E-state index >= 15 is 0 Å². The highest BCUT2D eigenvalue weighted by Crippen LogP contribution is 2.34. The van der Waals surface area contributed by atoms with Crippen molar-refractivity contribution < 1.29 is 9.31 Å². The summed E-state index contributed by atoms with van der Waals surface area (Å²) in [4.78, 5) is 27.3. The zero-order chi connectivity index (χ0) is 21.1. The molecule has 1 aliphatic heterocycles. The molecule has 2 aromatic heterocycles. The second-order valence-electron chi connectivity index (χ2n) is 6.56. The van der Waals surface area contributed by atoms with E-state index in [1.807, 2.05) is 4.90 Å². The van der Waals surface area contributed by atoms with Gasteiger partial charge >= 0.3 is 5.69 Å². The van der Waals surface area contributed by atoms with Crippen molar-refractivity contribution in [2.75, 3.05) is 41.3 Å². The summed E-state index contributed by atoms with van der Waals surface area (Å²) in [6.45, 7) is 1.91. The maximum atomic E-state index is 14.1. The van der Waals surface area contributed by atoms with E-state index in [-0.39, 0.29) is 23.1 Å². The molecule has 0 bridgehead atoms. The first-order valence-electron chi connectivity index (χ1n) is 9.15. The van der Waals surface area contributed by atoms with Gasteiger partial charge in [0.25, 0.3) is 0 Å². The summed E-state index contributed by atoms with van der Waals surface area (Å²) in [5.41, 5.74) is 0.277. The minimum absolute atomic E-state index is 0.0383. The molecule has 0 unspecified atom stereocenters. The van der Waals surface area contributed by atoms with Gasteiger partial charge in [0, 0.05) is 32.4 Å². The van der Waals surface area contributed by atoms with Crippen molar-refractivity contribution in [2.45, 2.75) is 0 Å². The Morgan fingerprint density at radius 2 is 1.77 bits per heavy atom. The lowest BCUT2D eigenvalue weighted by Crippen LogP contribution is -2.47. The molecule has 0 saturated carbocycles. The molecule has 1 fully saturated rings. The van der Waals surface area contributed by atoms with Gasteiger partial charge in [-0.05, 0) is 24.3 Å². The zero-order valence-electron chi connectivity index (χ0n) is 15.7. The Morgan fingerprint density at radius 1 is 1.03 bits per heavy atom. The smallest absolute Gasteiger partial charge is 0.353 e. The van der Waals surface area contributed by atoms with Gasteiger partial charge in [-0.3, -0.25) is 10.1 Å². The molecule has 0 aliphatic carbocycles. The number of rotatable bonds is 5. The maximum Gasteiger partial charge on any atom is 0.353 e.